The van der Waals surface area contributed by atoms with E-state index in [1.807, 2.05) is 19.1 Å². The molecule has 0 bridgehead atoms. The molecule has 1 aromatic rings. The second-order valence-corrected chi connectivity index (χ2v) is 5.15. The van der Waals surface area contributed by atoms with Gasteiger partial charge in [0.15, 0.2) is 0 Å². The second kappa shape index (κ2) is 5.54. The van der Waals surface area contributed by atoms with Crippen molar-refractivity contribution in [3.05, 3.63) is 17.8 Å². The molecule has 0 aromatic carbocycles. The Morgan fingerprint density at radius 3 is 2.89 bits per heavy atom. The molecule has 1 unspecified atom stereocenters. The average Bonchev–Trinajstić information content (AvgIpc) is 2.34. The molecule has 1 atom stereocenters. The maximum atomic E-state index is 5.76. The highest BCUT2D eigenvalue weighted by atomic mass is 15.3. The van der Waals surface area contributed by atoms with E-state index in [-0.39, 0.29) is 0 Å². The fourth-order valence-electron chi connectivity index (χ4n) is 2.21. The van der Waals surface area contributed by atoms with Crippen molar-refractivity contribution < 1.29 is 0 Å². The molecule has 2 rings (SSSR count). The highest BCUT2D eigenvalue weighted by Crippen LogP contribution is 2.13. The van der Waals surface area contributed by atoms with E-state index in [1.54, 1.807) is 0 Å². The topological polar surface area (TPSA) is 57.4 Å². The van der Waals surface area contributed by atoms with E-state index in [9.17, 15) is 0 Å². The molecule has 18 heavy (non-hydrogen) atoms. The number of pyridine rings is 1. The number of nitrogen functional groups attached to an aromatic ring is 1. The lowest BCUT2D eigenvalue weighted by Gasteiger charge is -2.37. The largest absolute Gasteiger partial charge is 0.397 e. The molecule has 100 valence electrons. The van der Waals surface area contributed by atoms with Gasteiger partial charge in [0.25, 0.3) is 0 Å². The van der Waals surface area contributed by atoms with Crippen LogP contribution in [0.25, 0.3) is 0 Å². The van der Waals surface area contributed by atoms with Crippen LogP contribution in [0.3, 0.4) is 0 Å². The van der Waals surface area contributed by atoms with Gasteiger partial charge in [0.2, 0.25) is 0 Å². The summed E-state index contributed by atoms with van der Waals surface area (Å²) in [5, 5.41) is 3.40. The third-order valence-corrected chi connectivity index (χ3v) is 3.63. The first-order chi connectivity index (χ1) is 8.56. The summed E-state index contributed by atoms with van der Waals surface area (Å²) in [6, 6.07) is 4.37. The van der Waals surface area contributed by atoms with E-state index in [1.165, 1.54) is 0 Å². The molecule has 2 heterocycles. The van der Waals surface area contributed by atoms with Gasteiger partial charge < -0.3 is 16.0 Å². The van der Waals surface area contributed by atoms with Crippen LogP contribution in [-0.4, -0.2) is 61.1 Å². The number of nitrogens with one attached hydrogen (secondary N) is 1. The molecule has 1 aliphatic heterocycles. The molecule has 5 nitrogen and oxygen atoms in total. The van der Waals surface area contributed by atoms with Crippen molar-refractivity contribution in [2.45, 2.75) is 13.0 Å². The lowest BCUT2D eigenvalue weighted by atomic mass is 10.2. The van der Waals surface area contributed by atoms with Crippen LogP contribution >= 0.6 is 0 Å². The molecule has 0 spiro atoms. The van der Waals surface area contributed by atoms with Crippen molar-refractivity contribution in [2.24, 2.45) is 0 Å². The Labute approximate surface area is 109 Å². The number of nitrogens with two attached hydrogens (primary N) is 1. The van der Waals surface area contributed by atoms with E-state index in [2.05, 4.69) is 34.2 Å². The molecular weight excluding hydrogens is 226 g/mol. The summed E-state index contributed by atoms with van der Waals surface area (Å²) < 4.78 is 0. The Balaban J connectivity index is 1.92. The molecule has 1 fully saturated rings. The van der Waals surface area contributed by atoms with E-state index in [0.717, 1.165) is 43.4 Å². The van der Waals surface area contributed by atoms with Crippen LogP contribution in [0.1, 0.15) is 5.69 Å². The molecule has 1 aliphatic rings. The Kier molecular flexibility index (Phi) is 4.04. The van der Waals surface area contributed by atoms with Crippen LogP contribution in [0.5, 0.6) is 0 Å². The fraction of sp³-hybridized carbons (Fsp3) is 0.615. The number of piperazine rings is 1. The van der Waals surface area contributed by atoms with Crippen LogP contribution < -0.4 is 11.1 Å². The average molecular weight is 249 g/mol. The standard InChI is InChI=1S/C13H23N5/c1-10-12(14)4-5-13(16-10)15-8-11-9-17(2)6-7-18(11)3/h4-5,11H,6-9,14H2,1-3H3,(H,15,16). The fourth-order valence-corrected chi connectivity index (χ4v) is 2.21. The van der Waals surface area contributed by atoms with Gasteiger partial charge in [-0.2, -0.15) is 0 Å². The van der Waals surface area contributed by atoms with Gasteiger partial charge in [-0.15, -0.1) is 0 Å². The number of hydrogen-bond donors (Lipinski definition) is 2. The Morgan fingerprint density at radius 1 is 1.39 bits per heavy atom. The van der Waals surface area contributed by atoms with Gasteiger partial charge in [-0.05, 0) is 33.2 Å². The van der Waals surface area contributed by atoms with Crippen molar-refractivity contribution in [1.82, 2.24) is 14.8 Å². The van der Waals surface area contributed by atoms with E-state index < -0.39 is 0 Å². The maximum absolute atomic E-state index is 5.76. The van der Waals surface area contributed by atoms with Gasteiger partial charge in [-0.3, -0.25) is 4.90 Å². The second-order valence-electron chi connectivity index (χ2n) is 5.15. The molecular formula is C13H23N5. The highest BCUT2D eigenvalue weighted by Gasteiger charge is 2.21. The summed E-state index contributed by atoms with van der Waals surface area (Å²) in [4.78, 5) is 9.20. The number of nitrogens with zero attached hydrogens (tertiary/aromatic N) is 3. The highest BCUT2D eigenvalue weighted by molar-refractivity contribution is 5.49. The molecule has 0 aliphatic carbocycles. The zero-order chi connectivity index (χ0) is 13.1. The van der Waals surface area contributed by atoms with Crippen molar-refractivity contribution >= 4 is 11.5 Å². The quantitative estimate of drug-likeness (QED) is 0.823. The van der Waals surface area contributed by atoms with Gasteiger partial charge in [0.05, 0.1) is 11.4 Å². The summed E-state index contributed by atoms with van der Waals surface area (Å²) in [6.07, 6.45) is 0. The Morgan fingerprint density at radius 2 is 2.17 bits per heavy atom. The number of aryl methyl sites for hydroxylation is 1. The molecule has 0 radical (unpaired) electrons. The Bertz CT molecular complexity index is 406. The number of anilines is 2. The lowest BCUT2D eigenvalue weighted by Crippen LogP contribution is -2.52. The Hall–Kier alpha value is -1.33. The van der Waals surface area contributed by atoms with Gasteiger partial charge in [0.1, 0.15) is 5.82 Å². The molecule has 1 aromatic heterocycles. The van der Waals surface area contributed by atoms with Gasteiger partial charge in [-0.25, -0.2) is 4.98 Å². The first-order valence-electron chi connectivity index (χ1n) is 6.42. The number of rotatable bonds is 3. The minimum absolute atomic E-state index is 0.531. The van der Waals surface area contributed by atoms with Crippen LogP contribution in [0.2, 0.25) is 0 Å². The summed E-state index contributed by atoms with van der Waals surface area (Å²) in [7, 11) is 4.35. The summed E-state index contributed by atoms with van der Waals surface area (Å²) in [5.41, 5.74) is 7.39. The minimum Gasteiger partial charge on any atom is -0.397 e. The molecule has 5 heteroatoms. The van der Waals surface area contributed by atoms with Crippen LogP contribution in [0.4, 0.5) is 11.5 Å². The number of likely N-dealkylation sites (N-methyl/N-ethyl adjacent to an activating group) is 2. The maximum Gasteiger partial charge on any atom is 0.126 e. The minimum atomic E-state index is 0.531. The van der Waals surface area contributed by atoms with Crippen LogP contribution in [-0.2, 0) is 0 Å². The van der Waals surface area contributed by atoms with Crippen LogP contribution in [0.15, 0.2) is 12.1 Å². The summed E-state index contributed by atoms with van der Waals surface area (Å²) >= 11 is 0. The molecule has 0 saturated carbocycles. The third-order valence-electron chi connectivity index (χ3n) is 3.63. The van der Waals surface area contributed by atoms with Crippen molar-refractivity contribution in [1.29, 1.82) is 0 Å². The smallest absolute Gasteiger partial charge is 0.126 e. The zero-order valence-corrected chi connectivity index (χ0v) is 11.5. The predicted octanol–water partition coefficient (Wildman–Crippen LogP) is 0.630. The van der Waals surface area contributed by atoms with Gasteiger partial charge in [0, 0.05) is 32.2 Å². The van der Waals surface area contributed by atoms with E-state index >= 15 is 0 Å². The van der Waals surface area contributed by atoms with Crippen molar-refractivity contribution in [3.8, 4) is 0 Å². The molecule has 1 saturated heterocycles. The van der Waals surface area contributed by atoms with Gasteiger partial charge >= 0.3 is 0 Å². The van der Waals surface area contributed by atoms with Crippen molar-refractivity contribution in [2.75, 3.05) is 51.3 Å². The first kappa shape index (κ1) is 13.1. The molecule has 3 N–H and O–H groups in total. The van der Waals surface area contributed by atoms with Crippen molar-refractivity contribution in [3.63, 3.8) is 0 Å². The number of aromatic nitrogens is 1. The van der Waals surface area contributed by atoms with Gasteiger partial charge in [-0.1, -0.05) is 0 Å². The third kappa shape index (κ3) is 3.11. The normalized spacial score (nSPS) is 22.1. The van der Waals surface area contributed by atoms with Crippen LogP contribution in [0, 0.1) is 6.92 Å². The number of hydrogen-bond acceptors (Lipinski definition) is 5. The lowest BCUT2D eigenvalue weighted by molar-refractivity contribution is 0.122. The zero-order valence-electron chi connectivity index (χ0n) is 11.5. The van der Waals surface area contributed by atoms with E-state index in [0.29, 0.717) is 6.04 Å². The predicted molar refractivity (Wildman–Crippen MR) is 75.8 cm³/mol. The summed E-state index contributed by atoms with van der Waals surface area (Å²) in [6.45, 7) is 6.21. The monoisotopic (exact) mass is 249 g/mol. The SMILES string of the molecule is Cc1nc(NCC2CN(C)CCN2C)ccc1N. The van der Waals surface area contributed by atoms with E-state index in [4.69, 9.17) is 5.73 Å². The first-order valence-corrected chi connectivity index (χ1v) is 6.42. The molecule has 0 amide bonds. The summed E-state index contributed by atoms with van der Waals surface area (Å²) in [5.74, 6) is 0.906.